The van der Waals surface area contributed by atoms with Crippen molar-refractivity contribution in [3.05, 3.63) is 29.8 Å². The second-order valence-corrected chi connectivity index (χ2v) is 4.92. The Labute approximate surface area is 103 Å². The van der Waals surface area contributed by atoms with Crippen LogP contribution in [0.15, 0.2) is 24.3 Å². The highest BCUT2D eigenvalue weighted by Crippen LogP contribution is 2.30. The molecule has 0 atom stereocenters. The van der Waals surface area contributed by atoms with Crippen LogP contribution in [0.2, 0.25) is 0 Å². The van der Waals surface area contributed by atoms with E-state index in [1.54, 1.807) is 0 Å². The summed E-state index contributed by atoms with van der Waals surface area (Å²) < 4.78 is 0. The quantitative estimate of drug-likeness (QED) is 0.742. The number of hydrogen-bond acceptors (Lipinski definition) is 1. The third kappa shape index (κ3) is 3.88. The Balaban J connectivity index is 1.82. The molecule has 1 fully saturated rings. The van der Waals surface area contributed by atoms with Gasteiger partial charge in [-0.05, 0) is 43.4 Å². The van der Waals surface area contributed by atoms with Crippen LogP contribution in [0.1, 0.15) is 44.6 Å². The molecule has 0 aromatic heterocycles. The van der Waals surface area contributed by atoms with Crippen LogP contribution in [-0.4, -0.2) is 5.91 Å². The lowest BCUT2D eigenvalue weighted by Gasteiger charge is -2.05. The summed E-state index contributed by atoms with van der Waals surface area (Å²) in [6.45, 7) is 2.22. The Hall–Kier alpha value is -1.31. The number of carbonyl (C=O) groups is 1. The summed E-state index contributed by atoms with van der Waals surface area (Å²) in [6, 6.07) is 8.28. The fourth-order valence-corrected chi connectivity index (χ4v) is 1.92. The molecule has 2 rings (SSSR count). The Morgan fingerprint density at radius 1 is 1.24 bits per heavy atom. The topological polar surface area (TPSA) is 29.1 Å². The standard InChI is InChI=1S/C15H21NO/c1-2-3-4-5-12-6-10-14(11-7-12)16-15(17)13-8-9-13/h6-7,10-11,13H,2-5,8-9H2,1H3,(H,16,17). The van der Waals surface area contributed by atoms with Gasteiger partial charge in [-0.3, -0.25) is 4.79 Å². The smallest absolute Gasteiger partial charge is 0.227 e. The summed E-state index contributed by atoms with van der Waals surface area (Å²) in [6.07, 6.45) is 7.06. The third-order valence-electron chi connectivity index (χ3n) is 3.24. The monoisotopic (exact) mass is 231 g/mol. The Morgan fingerprint density at radius 2 is 1.94 bits per heavy atom. The SMILES string of the molecule is CCCCCc1ccc(NC(=O)C2CC2)cc1. The van der Waals surface area contributed by atoms with E-state index in [2.05, 4.69) is 24.4 Å². The molecule has 0 bridgehead atoms. The molecule has 2 heteroatoms. The fraction of sp³-hybridized carbons (Fsp3) is 0.533. The third-order valence-corrected chi connectivity index (χ3v) is 3.24. The predicted molar refractivity (Wildman–Crippen MR) is 71.0 cm³/mol. The molecule has 0 spiro atoms. The van der Waals surface area contributed by atoms with Gasteiger partial charge in [0.05, 0.1) is 0 Å². The van der Waals surface area contributed by atoms with Crippen molar-refractivity contribution in [1.29, 1.82) is 0 Å². The maximum absolute atomic E-state index is 11.6. The number of unbranched alkanes of at least 4 members (excludes halogenated alkanes) is 2. The van der Waals surface area contributed by atoms with Crippen molar-refractivity contribution in [2.45, 2.75) is 45.4 Å². The van der Waals surface area contributed by atoms with E-state index in [0.29, 0.717) is 0 Å². The van der Waals surface area contributed by atoms with E-state index in [-0.39, 0.29) is 11.8 Å². The number of hydrogen-bond donors (Lipinski definition) is 1. The number of anilines is 1. The highest BCUT2D eigenvalue weighted by atomic mass is 16.2. The Morgan fingerprint density at radius 3 is 2.53 bits per heavy atom. The van der Waals surface area contributed by atoms with Crippen LogP contribution in [0.25, 0.3) is 0 Å². The van der Waals surface area contributed by atoms with E-state index in [9.17, 15) is 4.79 Å². The molecule has 1 aromatic carbocycles. The van der Waals surface area contributed by atoms with Gasteiger partial charge in [0.25, 0.3) is 0 Å². The first kappa shape index (κ1) is 12.2. The zero-order chi connectivity index (χ0) is 12.1. The fourth-order valence-electron chi connectivity index (χ4n) is 1.92. The Kier molecular flexibility index (Phi) is 4.18. The lowest BCUT2D eigenvalue weighted by atomic mass is 10.1. The summed E-state index contributed by atoms with van der Waals surface area (Å²) in [5.41, 5.74) is 2.30. The molecule has 1 saturated carbocycles. The summed E-state index contributed by atoms with van der Waals surface area (Å²) >= 11 is 0. The van der Waals surface area contributed by atoms with Crippen molar-refractivity contribution in [1.82, 2.24) is 0 Å². The van der Waals surface area contributed by atoms with E-state index in [1.807, 2.05) is 12.1 Å². The second kappa shape index (κ2) is 5.85. The molecule has 0 unspecified atom stereocenters. The molecule has 0 aliphatic heterocycles. The zero-order valence-corrected chi connectivity index (χ0v) is 10.5. The van der Waals surface area contributed by atoms with E-state index in [0.717, 1.165) is 24.9 Å². The van der Waals surface area contributed by atoms with Crippen molar-refractivity contribution in [3.63, 3.8) is 0 Å². The van der Waals surface area contributed by atoms with Crippen LogP contribution in [0.4, 0.5) is 5.69 Å². The van der Waals surface area contributed by atoms with Crippen molar-refractivity contribution in [2.24, 2.45) is 5.92 Å². The van der Waals surface area contributed by atoms with Crippen LogP contribution >= 0.6 is 0 Å². The largest absolute Gasteiger partial charge is 0.326 e. The highest BCUT2D eigenvalue weighted by Gasteiger charge is 2.29. The van der Waals surface area contributed by atoms with Crippen LogP contribution in [0.5, 0.6) is 0 Å². The summed E-state index contributed by atoms with van der Waals surface area (Å²) in [5.74, 6) is 0.461. The van der Waals surface area contributed by atoms with Gasteiger partial charge in [0.15, 0.2) is 0 Å². The molecule has 0 radical (unpaired) electrons. The minimum Gasteiger partial charge on any atom is -0.326 e. The van der Waals surface area contributed by atoms with E-state index in [1.165, 1.54) is 24.8 Å². The van der Waals surface area contributed by atoms with Gasteiger partial charge >= 0.3 is 0 Å². The van der Waals surface area contributed by atoms with Gasteiger partial charge in [0.1, 0.15) is 0 Å². The van der Waals surface area contributed by atoms with Crippen molar-refractivity contribution in [2.75, 3.05) is 5.32 Å². The molecule has 1 N–H and O–H groups in total. The lowest BCUT2D eigenvalue weighted by molar-refractivity contribution is -0.117. The molecule has 1 aliphatic carbocycles. The van der Waals surface area contributed by atoms with E-state index in [4.69, 9.17) is 0 Å². The Bertz CT molecular complexity index is 365. The first-order valence-corrected chi connectivity index (χ1v) is 6.69. The molecule has 1 aliphatic rings. The molecule has 2 nitrogen and oxygen atoms in total. The zero-order valence-electron chi connectivity index (χ0n) is 10.5. The van der Waals surface area contributed by atoms with Gasteiger partial charge in [0, 0.05) is 11.6 Å². The maximum Gasteiger partial charge on any atom is 0.227 e. The number of amides is 1. The summed E-state index contributed by atoms with van der Waals surface area (Å²) in [4.78, 5) is 11.6. The van der Waals surface area contributed by atoms with Gasteiger partial charge in [-0.25, -0.2) is 0 Å². The van der Waals surface area contributed by atoms with E-state index < -0.39 is 0 Å². The molecule has 1 aromatic rings. The average Bonchev–Trinajstić information content (AvgIpc) is 3.16. The van der Waals surface area contributed by atoms with Crippen molar-refractivity contribution in [3.8, 4) is 0 Å². The van der Waals surface area contributed by atoms with Gasteiger partial charge in [0.2, 0.25) is 5.91 Å². The first-order valence-electron chi connectivity index (χ1n) is 6.69. The van der Waals surface area contributed by atoms with Crippen molar-refractivity contribution >= 4 is 11.6 Å². The van der Waals surface area contributed by atoms with Crippen LogP contribution in [-0.2, 0) is 11.2 Å². The number of nitrogens with one attached hydrogen (secondary N) is 1. The minimum absolute atomic E-state index is 0.184. The van der Waals surface area contributed by atoms with Crippen LogP contribution in [0, 0.1) is 5.92 Å². The number of aryl methyl sites for hydroxylation is 1. The molecular formula is C15H21NO. The minimum atomic E-state index is 0.184. The molecule has 1 amide bonds. The molecular weight excluding hydrogens is 210 g/mol. The summed E-state index contributed by atoms with van der Waals surface area (Å²) in [5, 5.41) is 2.96. The second-order valence-electron chi connectivity index (χ2n) is 4.92. The van der Waals surface area contributed by atoms with Gasteiger partial charge in [-0.2, -0.15) is 0 Å². The van der Waals surface area contributed by atoms with Gasteiger partial charge in [-0.1, -0.05) is 31.9 Å². The first-order chi connectivity index (χ1) is 8.29. The number of benzene rings is 1. The van der Waals surface area contributed by atoms with Gasteiger partial charge < -0.3 is 5.32 Å². The van der Waals surface area contributed by atoms with E-state index >= 15 is 0 Å². The van der Waals surface area contributed by atoms with Crippen molar-refractivity contribution < 1.29 is 4.79 Å². The molecule has 92 valence electrons. The highest BCUT2D eigenvalue weighted by molar-refractivity contribution is 5.93. The van der Waals surface area contributed by atoms with Crippen LogP contribution in [0.3, 0.4) is 0 Å². The number of carbonyl (C=O) groups excluding carboxylic acids is 1. The average molecular weight is 231 g/mol. The lowest BCUT2D eigenvalue weighted by Crippen LogP contribution is -2.13. The molecule has 0 heterocycles. The van der Waals surface area contributed by atoms with Gasteiger partial charge in [-0.15, -0.1) is 0 Å². The maximum atomic E-state index is 11.6. The predicted octanol–water partition coefficient (Wildman–Crippen LogP) is 3.77. The molecule has 0 saturated heterocycles. The number of rotatable bonds is 6. The normalized spacial score (nSPS) is 14.6. The summed E-state index contributed by atoms with van der Waals surface area (Å²) in [7, 11) is 0. The van der Waals surface area contributed by atoms with Crippen LogP contribution < -0.4 is 5.32 Å². The molecule has 17 heavy (non-hydrogen) atoms.